The maximum Gasteiger partial charge on any atom is 0.216 e. The zero-order valence-electron chi connectivity index (χ0n) is 11.9. The first-order chi connectivity index (χ1) is 10.0. The molecule has 0 spiro atoms. The van der Waals surface area contributed by atoms with Crippen molar-refractivity contribution in [3.8, 4) is 0 Å². The van der Waals surface area contributed by atoms with E-state index in [1.165, 1.54) is 6.92 Å². The van der Waals surface area contributed by atoms with Crippen LogP contribution in [0.3, 0.4) is 0 Å². The normalized spacial score (nSPS) is 29.5. The number of nitrogens with zero attached hydrogens (tertiary/aromatic N) is 2. The van der Waals surface area contributed by atoms with Crippen LogP contribution in [0.1, 0.15) is 12.6 Å². The number of likely N-dealkylation sites (tertiary alicyclic amines) is 1. The molecule has 0 saturated carbocycles. The van der Waals surface area contributed by atoms with Crippen molar-refractivity contribution in [3.05, 3.63) is 30.1 Å². The maximum absolute atomic E-state index is 11.1. The van der Waals surface area contributed by atoms with Crippen LogP contribution in [-0.2, 0) is 11.3 Å². The zero-order valence-corrected chi connectivity index (χ0v) is 11.9. The molecule has 1 aromatic heterocycles. The van der Waals surface area contributed by atoms with Crippen molar-refractivity contribution in [3.63, 3.8) is 0 Å². The van der Waals surface area contributed by atoms with Gasteiger partial charge in [-0.05, 0) is 12.1 Å². The van der Waals surface area contributed by atoms with Gasteiger partial charge in [-0.15, -0.1) is 0 Å². The molecule has 2 heterocycles. The van der Waals surface area contributed by atoms with Crippen molar-refractivity contribution >= 4 is 5.91 Å². The third-order valence-electron chi connectivity index (χ3n) is 3.81. The molecule has 4 N–H and O–H groups in total. The van der Waals surface area contributed by atoms with Gasteiger partial charge in [0.15, 0.2) is 0 Å². The van der Waals surface area contributed by atoms with Crippen LogP contribution in [0.4, 0.5) is 0 Å². The van der Waals surface area contributed by atoms with Crippen molar-refractivity contribution in [2.75, 3.05) is 13.2 Å². The summed E-state index contributed by atoms with van der Waals surface area (Å²) in [7, 11) is 0. The largest absolute Gasteiger partial charge is 0.395 e. The van der Waals surface area contributed by atoms with Gasteiger partial charge >= 0.3 is 0 Å². The minimum atomic E-state index is -1.06. The predicted octanol–water partition coefficient (Wildman–Crippen LogP) is -1.52. The number of carbonyl (C=O) groups excluding carboxylic acids is 1. The molecule has 21 heavy (non-hydrogen) atoms. The van der Waals surface area contributed by atoms with Gasteiger partial charge in [-0.3, -0.25) is 14.7 Å². The highest BCUT2D eigenvalue weighted by atomic mass is 16.3. The highest BCUT2D eigenvalue weighted by Crippen LogP contribution is 2.26. The number of hydrogen-bond donors (Lipinski definition) is 4. The third-order valence-corrected chi connectivity index (χ3v) is 3.81. The van der Waals surface area contributed by atoms with E-state index in [0.29, 0.717) is 6.54 Å². The van der Waals surface area contributed by atoms with Gasteiger partial charge in [-0.25, -0.2) is 0 Å². The lowest BCUT2D eigenvalue weighted by molar-refractivity contribution is -0.119. The van der Waals surface area contributed by atoms with Crippen molar-refractivity contribution < 1.29 is 20.1 Å². The summed E-state index contributed by atoms with van der Waals surface area (Å²) in [6, 6.07) is 4.43. The fourth-order valence-corrected chi connectivity index (χ4v) is 2.71. The maximum atomic E-state index is 11.1. The smallest absolute Gasteiger partial charge is 0.216 e. The predicted molar refractivity (Wildman–Crippen MR) is 75.1 cm³/mol. The van der Waals surface area contributed by atoms with Crippen LogP contribution in [0.2, 0.25) is 0 Å². The van der Waals surface area contributed by atoms with Crippen LogP contribution in [0, 0.1) is 0 Å². The summed E-state index contributed by atoms with van der Waals surface area (Å²) in [4.78, 5) is 17.1. The average Bonchev–Trinajstić information content (AvgIpc) is 2.69. The number of carbonyl (C=O) groups is 1. The number of aliphatic hydroxyl groups is 3. The SMILES string of the molecule is CC(=O)NC[C@@H]1[C@@H](O)[C@H](O)[C@@H](CO)N1Cc1ccccn1. The Kier molecular flexibility index (Phi) is 5.24. The van der Waals surface area contributed by atoms with Crippen LogP contribution in [-0.4, -0.2) is 68.6 Å². The van der Waals surface area contributed by atoms with Gasteiger partial charge in [0.05, 0.1) is 36.6 Å². The Hall–Kier alpha value is -1.54. The minimum Gasteiger partial charge on any atom is -0.395 e. The Bertz CT molecular complexity index is 471. The van der Waals surface area contributed by atoms with Gasteiger partial charge in [0, 0.05) is 26.2 Å². The number of amides is 1. The van der Waals surface area contributed by atoms with Crippen molar-refractivity contribution in [2.45, 2.75) is 37.8 Å². The van der Waals surface area contributed by atoms with Crippen molar-refractivity contribution in [1.29, 1.82) is 0 Å². The van der Waals surface area contributed by atoms with E-state index in [1.54, 1.807) is 17.2 Å². The monoisotopic (exact) mass is 295 g/mol. The minimum absolute atomic E-state index is 0.205. The molecule has 7 heteroatoms. The lowest BCUT2D eigenvalue weighted by atomic mass is 10.1. The molecule has 2 rings (SSSR count). The molecule has 116 valence electrons. The van der Waals surface area contributed by atoms with E-state index < -0.39 is 24.3 Å². The Morgan fingerprint density at radius 3 is 2.62 bits per heavy atom. The van der Waals surface area contributed by atoms with Crippen LogP contribution >= 0.6 is 0 Å². The Balaban J connectivity index is 2.16. The first kappa shape index (κ1) is 15.8. The molecule has 1 saturated heterocycles. The molecular formula is C14H21N3O4. The molecule has 1 aliphatic heterocycles. The van der Waals surface area contributed by atoms with Gasteiger partial charge in [0.25, 0.3) is 0 Å². The highest BCUT2D eigenvalue weighted by Gasteiger charge is 2.47. The number of rotatable bonds is 5. The number of nitrogens with one attached hydrogen (secondary N) is 1. The van der Waals surface area contributed by atoms with Crippen molar-refractivity contribution in [2.24, 2.45) is 0 Å². The zero-order chi connectivity index (χ0) is 15.4. The average molecular weight is 295 g/mol. The summed E-state index contributed by atoms with van der Waals surface area (Å²) in [5.41, 5.74) is 0.769. The number of aliphatic hydroxyl groups excluding tert-OH is 3. The van der Waals surface area contributed by atoms with Gasteiger partial charge in [-0.2, -0.15) is 0 Å². The lowest BCUT2D eigenvalue weighted by Gasteiger charge is -2.29. The second-order valence-corrected chi connectivity index (χ2v) is 5.23. The van der Waals surface area contributed by atoms with E-state index in [0.717, 1.165) is 5.69 Å². The van der Waals surface area contributed by atoms with E-state index in [9.17, 15) is 20.1 Å². The molecule has 1 fully saturated rings. The Labute approximate surface area is 123 Å². The molecule has 1 aliphatic rings. The fourth-order valence-electron chi connectivity index (χ4n) is 2.71. The summed E-state index contributed by atoms with van der Waals surface area (Å²) in [6.45, 7) is 1.70. The van der Waals surface area contributed by atoms with Gasteiger partial charge in [-0.1, -0.05) is 6.07 Å². The van der Waals surface area contributed by atoms with E-state index in [4.69, 9.17) is 0 Å². The first-order valence-corrected chi connectivity index (χ1v) is 6.91. The molecule has 7 nitrogen and oxygen atoms in total. The van der Waals surface area contributed by atoms with Crippen LogP contribution in [0.15, 0.2) is 24.4 Å². The Morgan fingerprint density at radius 2 is 2.05 bits per heavy atom. The second-order valence-electron chi connectivity index (χ2n) is 5.23. The molecule has 0 bridgehead atoms. The lowest BCUT2D eigenvalue weighted by Crippen LogP contribution is -2.46. The number of pyridine rings is 1. The topological polar surface area (TPSA) is 106 Å². The van der Waals surface area contributed by atoms with Crippen molar-refractivity contribution in [1.82, 2.24) is 15.2 Å². The molecule has 0 aliphatic carbocycles. The number of aromatic nitrogens is 1. The standard InChI is InChI=1S/C14H21N3O4/c1-9(19)16-6-11-13(20)14(21)12(8-18)17(11)7-10-4-2-3-5-15-10/h2-5,11-14,18,20-21H,6-8H2,1H3,(H,16,19)/t11-,12-,13-,14-/m1/s1. The quantitative estimate of drug-likeness (QED) is 0.526. The molecule has 0 aromatic carbocycles. The summed E-state index contributed by atoms with van der Waals surface area (Å²) in [5, 5.41) is 32.3. The van der Waals surface area contributed by atoms with Crippen LogP contribution in [0.5, 0.6) is 0 Å². The van der Waals surface area contributed by atoms with Crippen LogP contribution in [0.25, 0.3) is 0 Å². The molecule has 1 amide bonds. The molecule has 0 unspecified atom stereocenters. The van der Waals surface area contributed by atoms with E-state index in [1.807, 2.05) is 12.1 Å². The Morgan fingerprint density at radius 1 is 1.33 bits per heavy atom. The summed E-state index contributed by atoms with van der Waals surface area (Å²) in [5.74, 6) is -0.207. The second kappa shape index (κ2) is 6.95. The molecule has 0 radical (unpaired) electrons. The van der Waals surface area contributed by atoms with Gasteiger partial charge in [0.1, 0.15) is 0 Å². The van der Waals surface area contributed by atoms with Gasteiger partial charge < -0.3 is 20.6 Å². The van der Waals surface area contributed by atoms with E-state index >= 15 is 0 Å². The van der Waals surface area contributed by atoms with Gasteiger partial charge in [0.2, 0.25) is 5.91 Å². The molecule has 4 atom stereocenters. The van der Waals surface area contributed by atoms with Crippen LogP contribution < -0.4 is 5.32 Å². The molecule has 1 aromatic rings. The fraction of sp³-hybridized carbons (Fsp3) is 0.571. The van der Waals surface area contributed by atoms with E-state index in [-0.39, 0.29) is 19.1 Å². The summed E-state index contributed by atoms with van der Waals surface area (Å²) in [6.07, 6.45) is -0.426. The highest BCUT2D eigenvalue weighted by molar-refractivity contribution is 5.72. The third kappa shape index (κ3) is 3.56. The first-order valence-electron chi connectivity index (χ1n) is 6.91. The number of hydrogen-bond acceptors (Lipinski definition) is 6. The summed E-state index contributed by atoms with van der Waals surface area (Å²) < 4.78 is 0. The summed E-state index contributed by atoms with van der Waals surface area (Å²) >= 11 is 0. The van der Waals surface area contributed by atoms with E-state index in [2.05, 4.69) is 10.3 Å². The molecular weight excluding hydrogens is 274 g/mol.